The van der Waals surface area contributed by atoms with Crippen molar-refractivity contribution in [3.63, 3.8) is 0 Å². The molecule has 0 fully saturated rings. The maximum absolute atomic E-state index is 11.3. The molecule has 18 heavy (non-hydrogen) atoms. The number of methoxy groups -OCH3 is 1. The zero-order chi connectivity index (χ0) is 14.1. The summed E-state index contributed by atoms with van der Waals surface area (Å²) in [6.07, 6.45) is 0. The van der Waals surface area contributed by atoms with E-state index in [1.807, 2.05) is 0 Å². The summed E-state index contributed by atoms with van der Waals surface area (Å²) in [7, 11) is -2.99. The van der Waals surface area contributed by atoms with Crippen LogP contribution in [0.3, 0.4) is 0 Å². The maximum Gasteiger partial charge on any atom is 0.324 e. The number of primary sulfonamides is 1. The van der Waals surface area contributed by atoms with Gasteiger partial charge in [0, 0.05) is 6.07 Å². The Morgan fingerprint density at radius 2 is 2.22 bits per heavy atom. The molecule has 1 unspecified atom stereocenters. The third-order valence-corrected chi connectivity index (χ3v) is 5.12. The highest BCUT2D eigenvalue weighted by Crippen LogP contribution is 2.39. The molecule has 0 bridgehead atoms. The summed E-state index contributed by atoms with van der Waals surface area (Å²) < 4.78 is 26.2. The Hall–Kier alpha value is -1.17. The number of nitro groups is 1. The number of hydrogen-bond acceptors (Lipinski definition) is 8. The van der Waals surface area contributed by atoms with Crippen LogP contribution in [0.2, 0.25) is 0 Å². The molecule has 0 saturated heterocycles. The normalized spacial score (nSPS) is 13.1. The molecule has 0 aliphatic heterocycles. The van der Waals surface area contributed by atoms with E-state index in [1.54, 1.807) is 0 Å². The highest BCUT2D eigenvalue weighted by atomic mass is 32.2. The molecule has 0 spiro atoms. The van der Waals surface area contributed by atoms with Crippen molar-refractivity contribution in [1.82, 2.24) is 0 Å². The average Bonchev–Trinajstić information content (AvgIpc) is 2.71. The predicted octanol–water partition coefficient (Wildman–Crippen LogP) is 0.448. The van der Waals surface area contributed by atoms with Crippen LogP contribution < -0.4 is 5.14 Å². The first kappa shape index (κ1) is 14.9. The summed E-state index contributed by atoms with van der Waals surface area (Å²) in [5, 5.41) is 14.4. The molecule has 1 atom stereocenters. The van der Waals surface area contributed by atoms with Gasteiger partial charge in [0.25, 0.3) is 5.69 Å². The van der Waals surface area contributed by atoms with E-state index in [9.17, 15) is 23.3 Å². The van der Waals surface area contributed by atoms with Gasteiger partial charge in [-0.1, -0.05) is 0 Å². The topological polar surface area (TPSA) is 130 Å². The summed E-state index contributed by atoms with van der Waals surface area (Å²) in [4.78, 5) is 21.1. The number of nitrogens with two attached hydrogens (primary N) is 1. The van der Waals surface area contributed by atoms with Gasteiger partial charge in [-0.05, 0) is 0 Å². The molecule has 0 saturated carbocycles. The second-order valence-corrected chi connectivity index (χ2v) is 6.43. The van der Waals surface area contributed by atoms with E-state index in [-0.39, 0.29) is 4.88 Å². The van der Waals surface area contributed by atoms with Gasteiger partial charge in [0.1, 0.15) is 14.3 Å². The average molecular weight is 312 g/mol. The Balaban J connectivity index is 3.39. The quantitative estimate of drug-likeness (QED) is 0.359. The number of carbonyl (C=O) groups is 1. The first-order chi connectivity index (χ1) is 8.18. The minimum atomic E-state index is -4.08. The second-order valence-electron chi connectivity index (χ2n) is 3.04. The van der Waals surface area contributed by atoms with Crippen molar-refractivity contribution in [2.75, 3.05) is 7.11 Å². The van der Waals surface area contributed by atoms with Crippen molar-refractivity contribution in [2.24, 2.45) is 5.14 Å². The summed E-state index contributed by atoms with van der Waals surface area (Å²) >= 11 is 4.38. The number of ether oxygens (including phenoxy) is 1. The lowest BCUT2D eigenvalue weighted by molar-refractivity contribution is -0.385. The lowest BCUT2D eigenvalue weighted by Crippen LogP contribution is -2.10. The van der Waals surface area contributed by atoms with E-state index in [0.29, 0.717) is 11.3 Å². The molecule has 11 heteroatoms. The second kappa shape index (κ2) is 5.22. The fourth-order valence-corrected chi connectivity index (χ4v) is 3.31. The minimum Gasteiger partial charge on any atom is -0.468 e. The minimum absolute atomic E-state index is 0.140. The Bertz CT molecular complexity index is 592. The molecular weight excluding hydrogens is 304 g/mol. The van der Waals surface area contributed by atoms with Crippen molar-refractivity contribution in [1.29, 1.82) is 0 Å². The fraction of sp³-hybridized carbons (Fsp3) is 0.286. The van der Waals surface area contributed by atoms with E-state index < -0.39 is 36.1 Å². The zero-order valence-corrected chi connectivity index (χ0v) is 11.4. The van der Waals surface area contributed by atoms with E-state index in [1.165, 1.54) is 0 Å². The van der Waals surface area contributed by atoms with Gasteiger partial charge in [-0.15, -0.1) is 11.3 Å². The number of carbonyl (C=O) groups excluding carboxylic acids is 1. The van der Waals surface area contributed by atoms with Gasteiger partial charge in [-0.3, -0.25) is 14.9 Å². The summed E-state index contributed by atoms with van der Waals surface area (Å²) in [6.45, 7) is 0. The summed E-state index contributed by atoms with van der Waals surface area (Å²) in [5.41, 5.74) is -0.533. The van der Waals surface area contributed by atoms with Crippen molar-refractivity contribution >= 4 is 45.6 Å². The molecule has 100 valence electrons. The lowest BCUT2D eigenvalue weighted by Gasteiger charge is -2.04. The van der Waals surface area contributed by atoms with E-state index >= 15 is 0 Å². The number of thiophene rings is 1. The van der Waals surface area contributed by atoms with Crippen molar-refractivity contribution in [3.8, 4) is 0 Å². The molecule has 2 N–H and O–H groups in total. The van der Waals surface area contributed by atoms with Crippen molar-refractivity contribution in [3.05, 3.63) is 21.1 Å². The van der Waals surface area contributed by atoms with Gasteiger partial charge in [0.15, 0.2) is 0 Å². The van der Waals surface area contributed by atoms with Gasteiger partial charge < -0.3 is 4.74 Å². The first-order valence-electron chi connectivity index (χ1n) is 4.25. The van der Waals surface area contributed by atoms with Crippen LogP contribution >= 0.6 is 24.0 Å². The Kier molecular flexibility index (Phi) is 4.32. The van der Waals surface area contributed by atoms with Crippen LogP contribution in [0.25, 0.3) is 0 Å². The molecule has 0 aliphatic rings. The highest BCUT2D eigenvalue weighted by Gasteiger charge is 2.31. The standard InChI is InChI=1S/C7H8N2O6S3/c1-15-7(10)5(16)6-3(9(11)12)2-4(17-6)18(8,13)14/h2,5,16H,1H3,(H2,8,13,14). The van der Waals surface area contributed by atoms with Gasteiger partial charge in [0.05, 0.1) is 12.0 Å². The Morgan fingerprint density at radius 3 is 2.61 bits per heavy atom. The zero-order valence-electron chi connectivity index (χ0n) is 8.89. The van der Waals surface area contributed by atoms with Crippen LogP contribution in [0.5, 0.6) is 0 Å². The largest absolute Gasteiger partial charge is 0.468 e. The van der Waals surface area contributed by atoms with Crippen LogP contribution in [0.4, 0.5) is 5.69 Å². The summed E-state index contributed by atoms with van der Waals surface area (Å²) in [6, 6.07) is 0.793. The molecule has 1 rings (SSSR count). The summed E-state index contributed by atoms with van der Waals surface area (Å²) in [5.74, 6) is -0.829. The highest BCUT2D eigenvalue weighted by molar-refractivity contribution is 7.91. The fourth-order valence-electron chi connectivity index (χ4n) is 1.07. The molecular formula is C7H8N2O6S3. The molecule has 1 heterocycles. The van der Waals surface area contributed by atoms with Gasteiger partial charge in [-0.25, -0.2) is 13.6 Å². The smallest absolute Gasteiger partial charge is 0.324 e. The molecule has 0 radical (unpaired) electrons. The Labute approximate surface area is 111 Å². The van der Waals surface area contributed by atoms with Gasteiger partial charge >= 0.3 is 5.97 Å². The van der Waals surface area contributed by atoms with Crippen molar-refractivity contribution in [2.45, 2.75) is 9.46 Å². The first-order valence-corrected chi connectivity index (χ1v) is 7.13. The van der Waals surface area contributed by atoms with Crippen LogP contribution in [0.1, 0.15) is 10.1 Å². The number of nitrogens with zero attached hydrogens (tertiary/aromatic N) is 1. The SMILES string of the molecule is COC(=O)C(S)c1sc(S(N)(=O)=O)cc1[N+](=O)[O-]. The molecule has 8 nitrogen and oxygen atoms in total. The monoisotopic (exact) mass is 312 g/mol. The molecule has 0 aliphatic carbocycles. The third kappa shape index (κ3) is 2.98. The number of sulfonamides is 1. The van der Waals surface area contributed by atoms with Crippen LogP contribution in [-0.2, 0) is 19.6 Å². The van der Waals surface area contributed by atoms with Crippen LogP contribution in [0, 0.1) is 10.1 Å². The predicted molar refractivity (Wildman–Crippen MR) is 66.1 cm³/mol. The van der Waals surface area contributed by atoms with E-state index in [2.05, 4.69) is 17.4 Å². The maximum atomic E-state index is 11.3. The molecule has 1 aromatic rings. The van der Waals surface area contributed by atoms with Crippen LogP contribution in [-0.4, -0.2) is 26.4 Å². The van der Waals surface area contributed by atoms with E-state index in [0.717, 1.165) is 13.2 Å². The molecule has 0 aromatic carbocycles. The lowest BCUT2D eigenvalue weighted by atomic mass is 10.3. The van der Waals surface area contributed by atoms with E-state index in [4.69, 9.17) is 5.14 Å². The number of hydrogen-bond donors (Lipinski definition) is 2. The van der Waals surface area contributed by atoms with Crippen molar-refractivity contribution < 1.29 is 22.9 Å². The molecule has 0 amide bonds. The number of esters is 1. The molecule has 1 aromatic heterocycles. The Morgan fingerprint density at radius 1 is 1.67 bits per heavy atom. The number of thiol groups is 1. The number of rotatable bonds is 4. The van der Waals surface area contributed by atoms with Gasteiger partial charge in [-0.2, -0.15) is 12.6 Å². The third-order valence-electron chi connectivity index (χ3n) is 1.87. The van der Waals surface area contributed by atoms with Crippen LogP contribution in [0.15, 0.2) is 10.3 Å². The van der Waals surface area contributed by atoms with Gasteiger partial charge in [0.2, 0.25) is 10.0 Å².